The van der Waals surface area contributed by atoms with Crippen LogP contribution in [-0.4, -0.2) is 39.7 Å². The Labute approximate surface area is 170 Å². The molecule has 2 N–H and O–H groups in total. The summed E-state index contributed by atoms with van der Waals surface area (Å²) < 4.78 is 1.98. The smallest absolute Gasteiger partial charge is 0.161 e. The van der Waals surface area contributed by atoms with Crippen LogP contribution >= 0.6 is 0 Å². The van der Waals surface area contributed by atoms with Gasteiger partial charge in [-0.15, -0.1) is 0 Å². The molecular weight excluding hydrogens is 376 g/mol. The van der Waals surface area contributed by atoms with Crippen LogP contribution in [0.1, 0.15) is 5.69 Å². The van der Waals surface area contributed by atoms with Gasteiger partial charge in [0, 0.05) is 24.2 Å². The average molecular weight is 392 g/mol. The van der Waals surface area contributed by atoms with Gasteiger partial charge in [0.25, 0.3) is 0 Å². The Balaban J connectivity index is 1.52. The van der Waals surface area contributed by atoms with Crippen LogP contribution in [0.25, 0.3) is 50.5 Å². The number of nitrogens with zero attached hydrogens (tertiary/aromatic N) is 6. The van der Waals surface area contributed by atoms with Gasteiger partial charge in [0.2, 0.25) is 0 Å². The van der Waals surface area contributed by atoms with Crippen molar-refractivity contribution in [1.29, 1.82) is 0 Å². The summed E-state index contributed by atoms with van der Waals surface area (Å²) in [6, 6.07) is 13.8. The first-order chi connectivity index (χ1) is 14.8. The van der Waals surface area contributed by atoms with E-state index in [0.717, 1.165) is 44.7 Å². The number of hydrogen-bond acceptors (Lipinski definition) is 5. The van der Waals surface area contributed by atoms with Gasteiger partial charge in [-0.1, -0.05) is 6.07 Å². The molecule has 0 saturated carbocycles. The van der Waals surface area contributed by atoms with E-state index in [9.17, 15) is 0 Å². The largest absolute Gasteiger partial charge is 0.336 e. The van der Waals surface area contributed by atoms with Gasteiger partial charge in [0.05, 0.1) is 34.4 Å². The first-order valence-electron chi connectivity index (χ1n) is 9.52. The number of rotatable bonds is 3. The molecule has 1 aromatic carbocycles. The standard InChI is InChI=1S/C22H16N8/c1-13-11-30(12-24-13)18-6-2-5-16-19(18)27-22(26-16)21-20-17(28-29-21)8-7-15(25-20)14-4-3-9-23-10-14/h2-12H,1H3,(H,26,27)(H,28,29). The molecule has 5 heterocycles. The van der Waals surface area contributed by atoms with Crippen molar-refractivity contribution in [2.24, 2.45) is 0 Å². The lowest BCUT2D eigenvalue weighted by Gasteiger charge is -2.01. The van der Waals surface area contributed by atoms with Crippen LogP contribution in [0.3, 0.4) is 0 Å². The van der Waals surface area contributed by atoms with Crippen molar-refractivity contribution in [2.75, 3.05) is 0 Å². The number of aryl methyl sites for hydroxylation is 1. The molecular formula is C22H16N8. The third-order valence-corrected chi connectivity index (χ3v) is 5.07. The number of hydrogen-bond donors (Lipinski definition) is 2. The molecule has 0 aliphatic rings. The molecule has 6 rings (SSSR count). The van der Waals surface area contributed by atoms with Gasteiger partial charge in [-0.3, -0.25) is 10.1 Å². The van der Waals surface area contributed by atoms with Gasteiger partial charge in [-0.25, -0.2) is 15.0 Å². The molecule has 0 radical (unpaired) electrons. The number of benzene rings is 1. The molecule has 0 fully saturated rings. The van der Waals surface area contributed by atoms with Crippen molar-refractivity contribution in [1.82, 2.24) is 39.7 Å². The SMILES string of the molecule is Cc1cn(-c2cccc3[nH]c(-c4n[nH]c5ccc(-c6cccnc6)nc45)nc23)cn1. The molecule has 0 aliphatic heterocycles. The zero-order chi connectivity index (χ0) is 20.1. The van der Waals surface area contributed by atoms with Crippen LogP contribution < -0.4 is 0 Å². The number of fused-ring (bicyclic) bond motifs is 2. The minimum absolute atomic E-state index is 0.663. The van der Waals surface area contributed by atoms with E-state index in [4.69, 9.17) is 9.97 Å². The highest BCUT2D eigenvalue weighted by molar-refractivity contribution is 5.93. The summed E-state index contributed by atoms with van der Waals surface area (Å²) in [5.74, 6) is 0.663. The Morgan fingerprint density at radius 2 is 1.90 bits per heavy atom. The topological polar surface area (TPSA) is 101 Å². The van der Waals surface area contributed by atoms with Gasteiger partial charge in [0.1, 0.15) is 11.0 Å². The second-order valence-electron chi connectivity index (χ2n) is 7.09. The molecule has 8 heteroatoms. The summed E-state index contributed by atoms with van der Waals surface area (Å²) in [6.45, 7) is 1.97. The molecule has 0 aliphatic carbocycles. The Kier molecular flexibility index (Phi) is 3.51. The lowest BCUT2D eigenvalue weighted by Crippen LogP contribution is -1.91. The number of H-pyrrole nitrogens is 2. The third-order valence-electron chi connectivity index (χ3n) is 5.07. The highest BCUT2D eigenvalue weighted by atomic mass is 15.2. The van der Waals surface area contributed by atoms with Crippen molar-refractivity contribution in [2.45, 2.75) is 6.92 Å². The van der Waals surface area contributed by atoms with Crippen molar-refractivity contribution < 1.29 is 0 Å². The third kappa shape index (κ3) is 2.58. The Morgan fingerprint density at radius 3 is 2.73 bits per heavy atom. The molecule has 0 amide bonds. The summed E-state index contributed by atoms with van der Waals surface area (Å²) in [4.78, 5) is 21.6. The number of pyridine rings is 2. The highest BCUT2D eigenvalue weighted by Gasteiger charge is 2.16. The van der Waals surface area contributed by atoms with Crippen molar-refractivity contribution in [3.8, 4) is 28.5 Å². The number of nitrogens with one attached hydrogen (secondary N) is 2. The molecule has 8 nitrogen and oxygen atoms in total. The van der Waals surface area contributed by atoms with E-state index in [0.29, 0.717) is 11.5 Å². The fourth-order valence-corrected chi connectivity index (χ4v) is 3.63. The molecule has 0 spiro atoms. The minimum Gasteiger partial charge on any atom is -0.336 e. The number of para-hydroxylation sites is 1. The van der Waals surface area contributed by atoms with E-state index in [1.807, 2.05) is 60.2 Å². The lowest BCUT2D eigenvalue weighted by atomic mass is 10.2. The maximum absolute atomic E-state index is 4.85. The predicted molar refractivity (Wildman–Crippen MR) is 114 cm³/mol. The van der Waals surface area contributed by atoms with Gasteiger partial charge in [0.15, 0.2) is 11.5 Å². The summed E-state index contributed by atoms with van der Waals surface area (Å²) in [7, 11) is 0. The van der Waals surface area contributed by atoms with Gasteiger partial charge in [-0.05, 0) is 43.3 Å². The van der Waals surface area contributed by atoms with Crippen molar-refractivity contribution >= 4 is 22.1 Å². The maximum atomic E-state index is 4.85. The zero-order valence-corrected chi connectivity index (χ0v) is 16.0. The molecule has 6 aromatic rings. The van der Waals surface area contributed by atoms with E-state index in [2.05, 4.69) is 25.1 Å². The summed E-state index contributed by atoms with van der Waals surface area (Å²) in [6.07, 6.45) is 7.33. The van der Waals surface area contributed by atoms with Crippen LogP contribution in [0.15, 0.2) is 67.4 Å². The summed E-state index contributed by atoms with van der Waals surface area (Å²) >= 11 is 0. The maximum Gasteiger partial charge on any atom is 0.161 e. The second kappa shape index (κ2) is 6.35. The van der Waals surface area contributed by atoms with Crippen LogP contribution in [-0.2, 0) is 0 Å². The zero-order valence-electron chi connectivity index (χ0n) is 16.0. The average Bonchev–Trinajstić information content (AvgIpc) is 3.51. The number of aromatic nitrogens is 8. The van der Waals surface area contributed by atoms with Crippen LogP contribution in [0.5, 0.6) is 0 Å². The van der Waals surface area contributed by atoms with Crippen molar-refractivity contribution in [3.05, 3.63) is 73.1 Å². The minimum atomic E-state index is 0.663. The number of imidazole rings is 2. The molecule has 0 saturated heterocycles. The first kappa shape index (κ1) is 16.6. The highest BCUT2D eigenvalue weighted by Crippen LogP contribution is 2.29. The predicted octanol–water partition coefficient (Wildman–Crippen LogP) is 4.06. The van der Waals surface area contributed by atoms with Gasteiger partial charge >= 0.3 is 0 Å². The molecule has 30 heavy (non-hydrogen) atoms. The van der Waals surface area contributed by atoms with Crippen LogP contribution in [0.4, 0.5) is 0 Å². The van der Waals surface area contributed by atoms with Crippen LogP contribution in [0.2, 0.25) is 0 Å². The van der Waals surface area contributed by atoms with Gasteiger partial charge in [-0.2, -0.15) is 5.10 Å². The fourth-order valence-electron chi connectivity index (χ4n) is 3.63. The normalized spacial score (nSPS) is 11.5. The molecule has 144 valence electrons. The summed E-state index contributed by atoms with van der Waals surface area (Å²) in [5.41, 5.74) is 7.77. The molecule has 5 aromatic heterocycles. The second-order valence-corrected chi connectivity index (χ2v) is 7.09. The fraction of sp³-hybridized carbons (Fsp3) is 0.0455. The van der Waals surface area contributed by atoms with Crippen LogP contribution in [0, 0.1) is 6.92 Å². The Morgan fingerprint density at radius 1 is 0.933 bits per heavy atom. The Hall–Kier alpha value is -4.33. The van der Waals surface area contributed by atoms with E-state index in [1.54, 1.807) is 18.7 Å². The molecule has 0 unspecified atom stereocenters. The van der Waals surface area contributed by atoms with E-state index in [1.165, 1.54) is 0 Å². The van der Waals surface area contributed by atoms with Crippen molar-refractivity contribution in [3.63, 3.8) is 0 Å². The number of aromatic amines is 2. The van der Waals surface area contributed by atoms with Gasteiger partial charge < -0.3 is 9.55 Å². The van der Waals surface area contributed by atoms with E-state index in [-0.39, 0.29) is 0 Å². The molecule has 0 bridgehead atoms. The monoisotopic (exact) mass is 392 g/mol. The lowest BCUT2D eigenvalue weighted by molar-refractivity contribution is 1.06. The Bertz CT molecular complexity index is 1510. The first-order valence-corrected chi connectivity index (χ1v) is 9.52. The summed E-state index contributed by atoms with van der Waals surface area (Å²) in [5, 5.41) is 7.54. The van der Waals surface area contributed by atoms with E-state index < -0.39 is 0 Å². The van der Waals surface area contributed by atoms with E-state index >= 15 is 0 Å². The quantitative estimate of drug-likeness (QED) is 0.473. The molecule has 0 atom stereocenters.